The lowest BCUT2D eigenvalue weighted by Crippen LogP contribution is -2.27. The fraction of sp³-hybridized carbons (Fsp3) is 0.208. The molecule has 1 saturated heterocycles. The summed E-state index contributed by atoms with van der Waals surface area (Å²) in [4.78, 5) is 25.3. The SMILES string of the molecule is COc1ccc2cc(OCC3CN(c4ccc(C(=N)N)c(OC(C)=O)c4)C(=O)O3)ccc2c1. The van der Waals surface area contributed by atoms with E-state index in [1.165, 1.54) is 24.0 Å². The second-order valence-corrected chi connectivity index (χ2v) is 7.49. The van der Waals surface area contributed by atoms with Crippen molar-refractivity contribution in [3.8, 4) is 17.2 Å². The number of amidine groups is 1. The molecule has 0 radical (unpaired) electrons. The maximum atomic E-state index is 12.4. The molecule has 33 heavy (non-hydrogen) atoms. The van der Waals surface area contributed by atoms with Crippen molar-refractivity contribution in [1.82, 2.24) is 0 Å². The van der Waals surface area contributed by atoms with Gasteiger partial charge in [0.25, 0.3) is 0 Å². The molecule has 1 aliphatic rings. The molecule has 0 bridgehead atoms. The van der Waals surface area contributed by atoms with Gasteiger partial charge in [-0.3, -0.25) is 15.1 Å². The van der Waals surface area contributed by atoms with Crippen molar-refractivity contribution >= 4 is 34.4 Å². The minimum absolute atomic E-state index is 0.104. The minimum atomic E-state index is -0.557. The van der Waals surface area contributed by atoms with E-state index < -0.39 is 18.2 Å². The molecule has 4 rings (SSSR count). The van der Waals surface area contributed by atoms with Crippen LogP contribution in [0, 0.1) is 5.41 Å². The smallest absolute Gasteiger partial charge is 0.414 e. The van der Waals surface area contributed by atoms with Crippen LogP contribution >= 0.6 is 0 Å². The summed E-state index contributed by atoms with van der Waals surface area (Å²) in [6, 6.07) is 16.1. The number of ether oxygens (including phenoxy) is 4. The van der Waals surface area contributed by atoms with Gasteiger partial charge < -0.3 is 24.7 Å². The van der Waals surface area contributed by atoms with Crippen LogP contribution in [0.2, 0.25) is 0 Å². The van der Waals surface area contributed by atoms with Gasteiger partial charge in [0.1, 0.15) is 29.7 Å². The zero-order valence-electron chi connectivity index (χ0n) is 18.2. The summed E-state index contributed by atoms with van der Waals surface area (Å²) in [7, 11) is 1.62. The Bertz CT molecular complexity index is 1240. The number of nitrogen functional groups attached to an aromatic ring is 1. The summed E-state index contributed by atoms with van der Waals surface area (Å²) in [6.07, 6.45) is -1.03. The van der Waals surface area contributed by atoms with Gasteiger partial charge in [-0.1, -0.05) is 12.1 Å². The Morgan fingerprint density at radius 1 is 1.12 bits per heavy atom. The molecular formula is C24H23N3O6. The van der Waals surface area contributed by atoms with Gasteiger partial charge in [-0.05, 0) is 47.2 Å². The maximum absolute atomic E-state index is 12.4. The number of hydrogen-bond donors (Lipinski definition) is 2. The Kier molecular flexibility index (Phi) is 6.03. The normalized spacial score (nSPS) is 15.3. The first kappa shape index (κ1) is 21.9. The summed E-state index contributed by atoms with van der Waals surface area (Å²) >= 11 is 0. The Morgan fingerprint density at radius 3 is 2.48 bits per heavy atom. The van der Waals surface area contributed by atoms with Crippen molar-refractivity contribution in [2.45, 2.75) is 13.0 Å². The van der Waals surface area contributed by atoms with Crippen LogP contribution in [0.25, 0.3) is 10.8 Å². The number of carbonyl (C=O) groups is 2. The zero-order chi connectivity index (χ0) is 23.5. The standard InChI is InChI=1S/C24H23N3O6/c1-14(28)32-22-11-17(5-8-21(22)23(25)26)27-12-20(33-24(27)29)13-31-19-7-4-15-9-18(30-2)6-3-16(15)10-19/h3-11,20H,12-13H2,1-2H3,(H3,25,26). The molecule has 3 N–H and O–H groups in total. The number of rotatable bonds is 7. The van der Waals surface area contributed by atoms with Gasteiger partial charge in [0.05, 0.1) is 24.9 Å². The van der Waals surface area contributed by atoms with Gasteiger partial charge in [0, 0.05) is 13.0 Å². The first-order valence-corrected chi connectivity index (χ1v) is 10.2. The fourth-order valence-electron chi connectivity index (χ4n) is 3.57. The summed E-state index contributed by atoms with van der Waals surface area (Å²) in [5, 5.41) is 9.67. The number of cyclic esters (lactones) is 1. The molecule has 1 amide bonds. The molecule has 0 aromatic heterocycles. The highest BCUT2D eigenvalue weighted by Gasteiger charge is 2.33. The molecule has 1 aliphatic heterocycles. The van der Waals surface area contributed by atoms with Gasteiger partial charge in [0.15, 0.2) is 6.10 Å². The molecule has 0 spiro atoms. The molecular weight excluding hydrogens is 426 g/mol. The number of methoxy groups -OCH3 is 1. The Morgan fingerprint density at radius 2 is 1.82 bits per heavy atom. The van der Waals surface area contributed by atoms with Crippen LogP contribution in [0.5, 0.6) is 17.2 Å². The van der Waals surface area contributed by atoms with E-state index in [1.807, 2.05) is 36.4 Å². The molecule has 1 heterocycles. The van der Waals surface area contributed by atoms with Gasteiger partial charge in [-0.15, -0.1) is 0 Å². The lowest BCUT2D eigenvalue weighted by atomic mass is 10.1. The largest absolute Gasteiger partial charge is 0.497 e. The predicted molar refractivity (Wildman–Crippen MR) is 122 cm³/mol. The van der Waals surface area contributed by atoms with Gasteiger partial charge in [0.2, 0.25) is 0 Å². The first-order valence-electron chi connectivity index (χ1n) is 10.2. The van der Waals surface area contributed by atoms with Crippen LogP contribution in [-0.4, -0.2) is 44.3 Å². The fourth-order valence-corrected chi connectivity index (χ4v) is 3.57. The van der Waals surface area contributed by atoms with E-state index in [0.29, 0.717) is 11.4 Å². The highest BCUT2D eigenvalue weighted by atomic mass is 16.6. The Labute approximate surface area is 190 Å². The van der Waals surface area contributed by atoms with Crippen LogP contribution in [0.1, 0.15) is 12.5 Å². The van der Waals surface area contributed by atoms with E-state index in [1.54, 1.807) is 13.2 Å². The number of amides is 1. The van der Waals surface area contributed by atoms with Crippen molar-refractivity contribution in [3.63, 3.8) is 0 Å². The highest BCUT2D eigenvalue weighted by Crippen LogP contribution is 2.30. The second kappa shape index (κ2) is 9.07. The van der Waals surface area contributed by atoms with E-state index in [0.717, 1.165) is 16.5 Å². The molecule has 1 unspecified atom stereocenters. The van der Waals surface area contributed by atoms with Crippen molar-refractivity contribution < 1.29 is 28.5 Å². The third kappa shape index (κ3) is 4.82. The van der Waals surface area contributed by atoms with Crippen LogP contribution in [0.4, 0.5) is 10.5 Å². The van der Waals surface area contributed by atoms with Crippen LogP contribution in [0.15, 0.2) is 54.6 Å². The average molecular weight is 449 g/mol. The first-order chi connectivity index (χ1) is 15.8. The molecule has 0 saturated carbocycles. The number of nitrogens with one attached hydrogen (secondary N) is 1. The van der Waals surface area contributed by atoms with Gasteiger partial charge in [-0.25, -0.2) is 4.79 Å². The highest BCUT2D eigenvalue weighted by molar-refractivity contribution is 5.99. The molecule has 1 atom stereocenters. The lowest BCUT2D eigenvalue weighted by molar-refractivity contribution is -0.131. The van der Waals surface area contributed by atoms with Gasteiger partial charge in [-0.2, -0.15) is 0 Å². The number of nitrogens with two attached hydrogens (primary N) is 1. The summed E-state index contributed by atoms with van der Waals surface area (Å²) < 4.78 is 21.7. The van der Waals surface area contributed by atoms with E-state index >= 15 is 0 Å². The number of fused-ring (bicyclic) bond motifs is 1. The Hall–Kier alpha value is -4.27. The van der Waals surface area contributed by atoms with Crippen LogP contribution in [-0.2, 0) is 9.53 Å². The molecule has 170 valence electrons. The molecule has 3 aromatic carbocycles. The monoisotopic (exact) mass is 449 g/mol. The molecule has 9 nitrogen and oxygen atoms in total. The lowest BCUT2D eigenvalue weighted by Gasteiger charge is -2.16. The maximum Gasteiger partial charge on any atom is 0.414 e. The van der Waals surface area contributed by atoms with Crippen molar-refractivity contribution in [1.29, 1.82) is 5.41 Å². The zero-order valence-corrected chi connectivity index (χ0v) is 18.2. The summed E-state index contributed by atoms with van der Waals surface area (Å²) in [5.41, 5.74) is 6.27. The number of esters is 1. The number of carbonyl (C=O) groups excluding carboxylic acids is 2. The summed E-state index contributed by atoms with van der Waals surface area (Å²) in [5.74, 6) is 0.737. The minimum Gasteiger partial charge on any atom is -0.497 e. The van der Waals surface area contributed by atoms with Crippen molar-refractivity contribution in [3.05, 3.63) is 60.2 Å². The molecule has 3 aromatic rings. The second-order valence-electron chi connectivity index (χ2n) is 7.49. The topological polar surface area (TPSA) is 124 Å². The predicted octanol–water partition coefficient (Wildman–Crippen LogP) is 3.46. The van der Waals surface area contributed by atoms with Crippen LogP contribution < -0.4 is 24.8 Å². The third-order valence-electron chi connectivity index (χ3n) is 5.15. The van der Waals surface area contributed by atoms with Crippen molar-refractivity contribution in [2.75, 3.05) is 25.2 Å². The number of hydrogen-bond acceptors (Lipinski definition) is 7. The quantitative estimate of drug-likeness (QED) is 0.245. The molecule has 1 fully saturated rings. The average Bonchev–Trinajstić information content (AvgIpc) is 3.17. The molecule has 9 heteroatoms. The number of anilines is 1. The van der Waals surface area contributed by atoms with Crippen LogP contribution in [0.3, 0.4) is 0 Å². The summed E-state index contributed by atoms with van der Waals surface area (Å²) in [6.45, 7) is 1.67. The third-order valence-corrected chi connectivity index (χ3v) is 5.15. The Balaban J connectivity index is 1.44. The number of benzene rings is 3. The number of nitrogens with zero attached hydrogens (tertiary/aromatic N) is 1. The van der Waals surface area contributed by atoms with E-state index in [-0.39, 0.29) is 30.3 Å². The molecule has 0 aliphatic carbocycles. The van der Waals surface area contributed by atoms with E-state index in [2.05, 4.69) is 0 Å². The van der Waals surface area contributed by atoms with Crippen molar-refractivity contribution in [2.24, 2.45) is 5.73 Å². The van der Waals surface area contributed by atoms with E-state index in [9.17, 15) is 9.59 Å². The van der Waals surface area contributed by atoms with E-state index in [4.69, 9.17) is 30.1 Å². The van der Waals surface area contributed by atoms with Gasteiger partial charge >= 0.3 is 12.1 Å².